The van der Waals surface area contributed by atoms with E-state index in [1.807, 2.05) is 0 Å². The number of hydrogen-bond acceptors (Lipinski definition) is 6. The van der Waals surface area contributed by atoms with Gasteiger partial charge in [-0.1, -0.05) is 0 Å². The van der Waals surface area contributed by atoms with Crippen molar-refractivity contribution < 1.29 is 13.3 Å². The van der Waals surface area contributed by atoms with Crippen molar-refractivity contribution in [3.8, 4) is 11.4 Å². The first-order valence-corrected chi connectivity index (χ1v) is 7.73. The van der Waals surface area contributed by atoms with Gasteiger partial charge in [-0.25, -0.2) is 13.4 Å². The molecule has 106 valence electrons. The molecule has 0 amide bonds. The second-order valence-corrected chi connectivity index (χ2v) is 6.52. The standard InChI is InChI=1S/C11H12N4O4S/c1-20(18,19)7-6-14-8-12-11(13-14)9-2-4-10(5-3-9)15(16)17/h2-5,8H,6-7H2,1H3. The Morgan fingerprint density at radius 2 is 1.95 bits per heavy atom. The fourth-order valence-electron chi connectivity index (χ4n) is 1.53. The van der Waals surface area contributed by atoms with Crippen LogP contribution in [-0.4, -0.2) is 40.1 Å². The number of rotatable bonds is 5. The highest BCUT2D eigenvalue weighted by molar-refractivity contribution is 7.90. The van der Waals surface area contributed by atoms with Crippen LogP contribution in [0.15, 0.2) is 30.6 Å². The first-order valence-electron chi connectivity index (χ1n) is 5.67. The molecule has 9 heteroatoms. The Balaban J connectivity index is 2.14. The highest BCUT2D eigenvalue weighted by Gasteiger charge is 2.09. The van der Waals surface area contributed by atoms with Crippen molar-refractivity contribution in [1.82, 2.24) is 14.8 Å². The molecule has 0 unspecified atom stereocenters. The van der Waals surface area contributed by atoms with Crippen molar-refractivity contribution in [2.24, 2.45) is 0 Å². The molecule has 0 saturated carbocycles. The van der Waals surface area contributed by atoms with Gasteiger partial charge >= 0.3 is 0 Å². The van der Waals surface area contributed by atoms with E-state index in [9.17, 15) is 18.5 Å². The van der Waals surface area contributed by atoms with Crippen LogP contribution in [0.3, 0.4) is 0 Å². The molecule has 1 aromatic carbocycles. The van der Waals surface area contributed by atoms with Crippen molar-refractivity contribution in [1.29, 1.82) is 0 Å². The summed E-state index contributed by atoms with van der Waals surface area (Å²) in [6, 6.07) is 5.84. The summed E-state index contributed by atoms with van der Waals surface area (Å²) in [5.74, 6) is 0.379. The van der Waals surface area contributed by atoms with E-state index in [0.29, 0.717) is 11.4 Å². The molecule has 2 aromatic rings. The number of nitro groups is 1. The largest absolute Gasteiger partial charge is 0.269 e. The maximum Gasteiger partial charge on any atom is 0.269 e. The van der Waals surface area contributed by atoms with Crippen LogP contribution in [0.5, 0.6) is 0 Å². The van der Waals surface area contributed by atoms with Gasteiger partial charge in [0.25, 0.3) is 5.69 Å². The number of non-ortho nitro benzene ring substituents is 1. The zero-order valence-corrected chi connectivity index (χ0v) is 11.4. The Hall–Kier alpha value is -2.29. The molecule has 1 aromatic heterocycles. The summed E-state index contributed by atoms with van der Waals surface area (Å²) >= 11 is 0. The molecule has 2 rings (SSSR count). The average molecular weight is 296 g/mol. The summed E-state index contributed by atoms with van der Waals surface area (Å²) in [5.41, 5.74) is 0.624. The molecule has 0 fully saturated rings. The molecule has 0 atom stereocenters. The van der Waals surface area contributed by atoms with E-state index in [4.69, 9.17) is 0 Å². The first-order chi connectivity index (χ1) is 9.35. The van der Waals surface area contributed by atoms with Gasteiger partial charge in [-0.3, -0.25) is 14.8 Å². The molecule has 0 saturated heterocycles. The van der Waals surface area contributed by atoms with E-state index in [0.717, 1.165) is 6.26 Å². The Bertz CT molecular complexity index is 721. The number of nitro benzene ring substituents is 1. The van der Waals surface area contributed by atoms with E-state index in [-0.39, 0.29) is 18.0 Å². The van der Waals surface area contributed by atoms with Crippen molar-refractivity contribution in [2.75, 3.05) is 12.0 Å². The third kappa shape index (κ3) is 3.60. The van der Waals surface area contributed by atoms with E-state index < -0.39 is 14.8 Å². The van der Waals surface area contributed by atoms with Crippen molar-refractivity contribution in [3.05, 3.63) is 40.7 Å². The van der Waals surface area contributed by atoms with Gasteiger partial charge in [0.2, 0.25) is 0 Å². The van der Waals surface area contributed by atoms with Gasteiger partial charge in [-0.15, -0.1) is 0 Å². The molecule has 8 nitrogen and oxygen atoms in total. The lowest BCUT2D eigenvalue weighted by Gasteiger charge is -1.98. The van der Waals surface area contributed by atoms with E-state index in [2.05, 4.69) is 10.1 Å². The summed E-state index contributed by atoms with van der Waals surface area (Å²) in [6.45, 7) is 0.221. The van der Waals surface area contributed by atoms with Crippen LogP contribution in [0.25, 0.3) is 11.4 Å². The van der Waals surface area contributed by atoms with Gasteiger partial charge in [0, 0.05) is 24.0 Å². The van der Waals surface area contributed by atoms with Crippen LogP contribution in [0.1, 0.15) is 0 Å². The number of nitrogens with zero attached hydrogens (tertiary/aromatic N) is 4. The highest BCUT2D eigenvalue weighted by atomic mass is 32.2. The number of sulfone groups is 1. The minimum Gasteiger partial charge on any atom is -0.258 e. The molecule has 0 N–H and O–H groups in total. The molecule has 0 bridgehead atoms. The zero-order chi connectivity index (χ0) is 14.8. The Labute approximate surface area is 115 Å². The first kappa shape index (κ1) is 14.1. The minimum absolute atomic E-state index is 0.00902. The summed E-state index contributed by atoms with van der Waals surface area (Å²) in [7, 11) is -3.06. The lowest BCUT2D eigenvalue weighted by Crippen LogP contribution is -2.11. The molecular formula is C11H12N4O4S. The third-order valence-corrected chi connectivity index (χ3v) is 3.49. The maximum atomic E-state index is 11.1. The fourth-order valence-corrected chi connectivity index (χ4v) is 2.04. The Kier molecular flexibility index (Phi) is 3.79. The molecule has 0 aliphatic heterocycles. The second kappa shape index (κ2) is 5.37. The fraction of sp³-hybridized carbons (Fsp3) is 0.273. The number of hydrogen-bond donors (Lipinski definition) is 0. The highest BCUT2D eigenvalue weighted by Crippen LogP contribution is 2.18. The van der Waals surface area contributed by atoms with Crippen LogP contribution < -0.4 is 0 Å². The average Bonchev–Trinajstić information content (AvgIpc) is 2.84. The van der Waals surface area contributed by atoms with Crippen molar-refractivity contribution in [2.45, 2.75) is 6.54 Å². The zero-order valence-electron chi connectivity index (χ0n) is 10.6. The Morgan fingerprint density at radius 3 is 2.50 bits per heavy atom. The van der Waals surface area contributed by atoms with Crippen molar-refractivity contribution >= 4 is 15.5 Å². The molecule has 0 radical (unpaired) electrons. The number of aromatic nitrogens is 3. The van der Waals surface area contributed by atoms with Crippen LogP contribution in [0.4, 0.5) is 5.69 Å². The molecule has 0 aliphatic rings. The van der Waals surface area contributed by atoms with E-state index >= 15 is 0 Å². The topological polar surface area (TPSA) is 108 Å². The summed E-state index contributed by atoms with van der Waals surface area (Å²) in [5, 5.41) is 14.7. The van der Waals surface area contributed by atoms with Gasteiger partial charge in [0.15, 0.2) is 5.82 Å². The second-order valence-electron chi connectivity index (χ2n) is 4.27. The molecule has 1 heterocycles. The van der Waals surface area contributed by atoms with Gasteiger partial charge in [-0.05, 0) is 12.1 Å². The lowest BCUT2D eigenvalue weighted by molar-refractivity contribution is -0.384. The van der Waals surface area contributed by atoms with Crippen LogP contribution in [0, 0.1) is 10.1 Å². The lowest BCUT2D eigenvalue weighted by atomic mass is 10.2. The monoisotopic (exact) mass is 296 g/mol. The predicted octanol–water partition coefficient (Wildman–Crippen LogP) is 0.898. The van der Waals surface area contributed by atoms with Crippen LogP contribution in [0.2, 0.25) is 0 Å². The molecule has 20 heavy (non-hydrogen) atoms. The summed E-state index contributed by atoms with van der Waals surface area (Å²) in [6.07, 6.45) is 2.59. The molecular weight excluding hydrogens is 284 g/mol. The Morgan fingerprint density at radius 1 is 1.30 bits per heavy atom. The van der Waals surface area contributed by atoms with E-state index in [1.54, 1.807) is 12.1 Å². The smallest absolute Gasteiger partial charge is 0.258 e. The predicted molar refractivity (Wildman–Crippen MR) is 71.8 cm³/mol. The maximum absolute atomic E-state index is 11.1. The summed E-state index contributed by atoms with van der Waals surface area (Å²) in [4.78, 5) is 14.1. The quantitative estimate of drug-likeness (QED) is 0.599. The SMILES string of the molecule is CS(=O)(=O)CCn1cnc(-c2ccc([N+](=O)[O-])cc2)n1. The van der Waals surface area contributed by atoms with Gasteiger partial charge in [-0.2, -0.15) is 5.10 Å². The van der Waals surface area contributed by atoms with Gasteiger partial charge in [0.1, 0.15) is 16.2 Å². The summed E-state index contributed by atoms with van der Waals surface area (Å²) < 4.78 is 23.5. The third-order valence-electron chi connectivity index (χ3n) is 2.56. The van der Waals surface area contributed by atoms with Crippen LogP contribution in [-0.2, 0) is 16.4 Å². The normalized spacial score (nSPS) is 11.4. The van der Waals surface area contributed by atoms with Gasteiger partial charge in [0.05, 0.1) is 17.2 Å². The number of benzene rings is 1. The number of aryl methyl sites for hydroxylation is 1. The van der Waals surface area contributed by atoms with Gasteiger partial charge < -0.3 is 0 Å². The molecule has 0 aliphatic carbocycles. The van der Waals surface area contributed by atoms with Crippen molar-refractivity contribution in [3.63, 3.8) is 0 Å². The van der Waals surface area contributed by atoms with Crippen LogP contribution >= 0.6 is 0 Å². The molecule has 0 spiro atoms. The minimum atomic E-state index is -3.06. The van der Waals surface area contributed by atoms with E-state index in [1.165, 1.54) is 23.1 Å².